The van der Waals surface area contributed by atoms with Crippen LogP contribution in [0.3, 0.4) is 0 Å². The molecule has 0 aliphatic heterocycles. The van der Waals surface area contributed by atoms with E-state index in [1.807, 2.05) is 12.1 Å². The standard InChI is InChI=1S/C18H16ClN3O3/c19-14-6-4-13(5-7-14)15-8-9-17(23)22(21-15)11-2-10-20-18(24)16-3-1-12-25-16/h1,3-9,12H,2,10-11H2,(H,20,24). The van der Waals surface area contributed by atoms with E-state index < -0.39 is 0 Å². The van der Waals surface area contributed by atoms with Crippen LogP contribution in [0.1, 0.15) is 17.0 Å². The van der Waals surface area contributed by atoms with Gasteiger partial charge in [0.1, 0.15) is 0 Å². The fourth-order valence-corrected chi connectivity index (χ4v) is 2.44. The first-order chi connectivity index (χ1) is 12.1. The second-order valence-electron chi connectivity index (χ2n) is 5.37. The number of amides is 1. The molecule has 0 aliphatic carbocycles. The molecule has 0 aliphatic rings. The van der Waals surface area contributed by atoms with Gasteiger partial charge in [-0.3, -0.25) is 9.59 Å². The van der Waals surface area contributed by atoms with Crippen LogP contribution in [0.4, 0.5) is 0 Å². The van der Waals surface area contributed by atoms with Gasteiger partial charge in [0.25, 0.3) is 11.5 Å². The average Bonchev–Trinajstić information content (AvgIpc) is 3.15. The van der Waals surface area contributed by atoms with Gasteiger partial charge in [-0.05, 0) is 36.8 Å². The van der Waals surface area contributed by atoms with Crippen molar-refractivity contribution in [3.05, 3.63) is 75.9 Å². The SMILES string of the molecule is O=C(NCCCn1nc(-c2ccc(Cl)cc2)ccc1=O)c1ccco1. The summed E-state index contributed by atoms with van der Waals surface area (Å²) < 4.78 is 6.41. The zero-order chi connectivity index (χ0) is 17.6. The van der Waals surface area contributed by atoms with Gasteiger partial charge >= 0.3 is 0 Å². The Kier molecular flexibility index (Phi) is 5.30. The molecule has 2 heterocycles. The van der Waals surface area contributed by atoms with Gasteiger partial charge in [-0.2, -0.15) is 5.10 Å². The molecule has 0 unspecified atom stereocenters. The number of nitrogens with zero attached hydrogens (tertiary/aromatic N) is 2. The van der Waals surface area contributed by atoms with E-state index in [1.165, 1.54) is 17.0 Å². The highest BCUT2D eigenvalue weighted by Crippen LogP contribution is 2.18. The molecule has 7 heteroatoms. The van der Waals surface area contributed by atoms with Crippen LogP contribution < -0.4 is 10.9 Å². The number of halogens is 1. The van der Waals surface area contributed by atoms with Crippen molar-refractivity contribution in [1.82, 2.24) is 15.1 Å². The quantitative estimate of drug-likeness (QED) is 0.688. The van der Waals surface area contributed by atoms with Crippen LogP contribution in [0, 0.1) is 0 Å². The van der Waals surface area contributed by atoms with E-state index in [-0.39, 0.29) is 17.2 Å². The van der Waals surface area contributed by atoms with Crippen molar-refractivity contribution >= 4 is 17.5 Å². The third-order valence-electron chi connectivity index (χ3n) is 3.58. The van der Waals surface area contributed by atoms with Crippen molar-refractivity contribution < 1.29 is 9.21 Å². The smallest absolute Gasteiger partial charge is 0.286 e. The number of benzene rings is 1. The zero-order valence-corrected chi connectivity index (χ0v) is 14.1. The molecule has 6 nitrogen and oxygen atoms in total. The summed E-state index contributed by atoms with van der Waals surface area (Å²) in [6.07, 6.45) is 2.02. The molecule has 0 spiro atoms. The lowest BCUT2D eigenvalue weighted by Gasteiger charge is -2.08. The van der Waals surface area contributed by atoms with Crippen molar-refractivity contribution in [1.29, 1.82) is 0 Å². The summed E-state index contributed by atoms with van der Waals surface area (Å²) in [6, 6.07) is 13.7. The summed E-state index contributed by atoms with van der Waals surface area (Å²) in [6.45, 7) is 0.817. The van der Waals surface area contributed by atoms with Crippen LogP contribution in [-0.4, -0.2) is 22.2 Å². The Morgan fingerprint density at radius 2 is 1.96 bits per heavy atom. The van der Waals surface area contributed by atoms with Crippen molar-refractivity contribution in [2.75, 3.05) is 6.54 Å². The monoisotopic (exact) mass is 357 g/mol. The number of hydrogen-bond acceptors (Lipinski definition) is 4. The lowest BCUT2D eigenvalue weighted by atomic mass is 10.1. The number of nitrogens with one attached hydrogen (secondary N) is 1. The fraction of sp³-hybridized carbons (Fsp3) is 0.167. The molecule has 3 rings (SSSR count). The van der Waals surface area contributed by atoms with Gasteiger partial charge in [-0.25, -0.2) is 4.68 Å². The molecule has 1 N–H and O–H groups in total. The number of carbonyl (C=O) groups excluding carboxylic acids is 1. The topological polar surface area (TPSA) is 77.1 Å². The summed E-state index contributed by atoms with van der Waals surface area (Å²) in [7, 11) is 0. The number of rotatable bonds is 6. The lowest BCUT2D eigenvalue weighted by molar-refractivity contribution is 0.0925. The Hall–Kier alpha value is -2.86. The number of hydrogen-bond donors (Lipinski definition) is 1. The predicted molar refractivity (Wildman–Crippen MR) is 94.6 cm³/mol. The van der Waals surface area contributed by atoms with E-state index in [0.29, 0.717) is 30.2 Å². The third-order valence-corrected chi connectivity index (χ3v) is 3.84. The zero-order valence-electron chi connectivity index (χ0n) is 13.3. The second-order valence-corrected chi connectivity index (χ2v) is 5.81. The first kappa shape index (κ1) is 17.0. The first-order valence-corrected chi connectivity index (χ1v) is 8.17. The third kappa shape index (κ3) is 4.36. The highest BCUT2D eigenvalue weighted by Gasteiger charge is 2.07. The Bertz CT molecular complexity index is 902. The van der Waals surface area contributed by atoms with E-state index in [0.717, 1.165) is 5.56 Å². The number of aryl methyl sites for hydroxylation is 1. The molecule has 0 bridgehead atoms. The summed E-state index contributed by atoms with van der Waals surface area (Å²) in [4.78, 5) is 23.7. The molecule has 0 saturated heterocycles. The Labute approximate surface area is 149 Å². The van der Waals surface area contributed by atoms with Crippen LogP contribution in [0.5, 0.6) is 0 Å². The van der Waals surface area contributed by atoms with E-state index in [9.17, 15) is 9.59 Å². The normalized spacial score (nSPS) is 10.6. The molecule has 0 fully saturated rings. The van der Waals surface area contributed by atoms with Crippen molar-refractivity contribution in [3.8, 4) is 11.3 Å². The van der Waals surface area contributed by atoms with Gasteiger partial charge in [-0.1, -0.05) is 23.7 Å². The highest BCUT2D eigenvalue weighted by atomic mass is 35.5. The van der Waals surface area contributed by atoms with Crippen LogP contribution in [0.15, 0.2) is 64.0 Å². The number of carbonyl (C=O) groups is 1. The Balaban J connectivity index is 1.60. The summed E-state index contributed by atoms with van der Waals surface area (Å²) in [5, 5.41) is 7.75. The predicted octanol–water partition coefficient (Wildman–Crippen LogP) is 2.98. The van der Waals surface area contributed by atoms with Gasteiger partial charge in [0, 0.05) is 29.7 Å². The van der Waals surface area contributed by atoms with Gasteiger partial charge in [-0.15, -0.1) is 0 Å². The minimum absolute atomic E-state index is 0.185. The molecule has 25 heavy (non-hydrogen) atoms. The summed E-state index contributed by atoms with van der Waals surface area (Å²) >= 11 is 5.89. The van der Waals surface area contributed by atoms with Gasteiger partial charge in [0.15, 0.2) is 5.76 Å². The molecule has 1 aromatic carbocycles. The lowest BCUT2D eigenvalue weighted by Crippen LogP contribution is -2.27. The molecule has 3 aromatic rings. The molecule has 2 aromatic heterocycles. The van der Waals surface area contributed by atoms with Crippen LogP contribution >= 0.6 is 11.6 Å². The number of furan rings is 1. The number of aromatic nitrogens is 2. The van der Waals surface area contributed by atoms with Gasteiger partial charge < -0.3 is 9.73 Å². The molecule has 0 atom stereocenters. The fourth-order valence-electron chi connectivity index (χ4n) is 2.31. The van der Waals surface area contributed by atoms with Crippen LogP contribution in [0.2, 0.25) is 5.02 Å². The van der Waals surface area contributed by atoms with Gasteiger partial charge in [0.05, 0.1) is 12.0 Å². The second kappa shape index (κ2) is 7.81. The van der Waals surface area contributed by atoms with Crippen molar-refractivity contribution in [3.63, 3.8) is 0 Å². The molecular formula is C18H16ClN3O3. The minimum Gasteiger partial charge on any atom is -0.459 e. The maximum Gasteiger partial charge on any atom is 0.286 e. The molecule has 0 radical (unpaired) electrons. The molecular weight excluding hydrogens is 342 g/mol. The highest BCUT2D eigenvalue weighted by molar-refractivity contribution is 6.30. The van der Waals surface area contributed by atoms with Crippen molar-refractivity contribution in [2.24, 2.45) is 0 Å². The van der Waals surface area contributed by atoms with E-state index >= 15 is 0 Å². The summed E-state index contributed by atoms with van der Waals surface area (Å²) in [5.41, 5.74) is 1.38. The van der Waals surface area contributed by atoms with E-state index in [4.69, 9.17) is 16.0 Å². The first-order valence-electron chi connectivity index (χ1n) is 7.79. The van der Waals surface area contributed by atoms with Crippen molar-refractivity contribution in [2.45, 2.75) is 13.0 Å². The Morgan fingerprint density at radius 3 is 2.68 bits per heavy atom. The van der Waals surface area contributed by atoms with Crippen LogP contribution in [-0.2, 0) is 6.54 Å². The summed E-state index contributed by atoms with van der Waals surface area (Å²) in [5.74, 6) is -0.0137. The van der Waals surface area contributed by atoms with Gasteiger partial charge in [0.2, 0.25) is 0 Å². The minimum atomic E-state index is -0.278. The van der Waals surface area contributed by atoms with E-state index in [1.54, 1.807) is 30.3 Å². The molecule has 1 amide bonds. The molecule has 128 valence electrons. The Morgan fingerprint density at radius 1 is 1.16 bits per heavy atom. The maximum absolute atomic E-state index is 11.9. The van der Waals surface area contributed by atoms with E-state index in [2.05, 4.69) is 10.4 Å². The largest absolute Gasteiger partial charge is 0.459 e. The molecule has 0 saturated carbocycles. The van der Waals surface area contributed by atoms with Crippen LogP contribution in [0.25, 0.3) is 11.3 Å². The maximum atomic E-state index is 11.9. The average molecular weight is 358 g/mol.